The van der Waals surface area contributed by atoms with E-state index in [0.717, 1.165) is 6.42 Å². The van der Waals surface area contributed by atoms with E-state index in [1.807, 2.05) is 13.8 Å². The van der Waals surface area contributed by atoms with Crippen LogP contribution >= 0.6 is 20.0 Å². The van der Waals surface area contributed by atoms with Gasteiger partial charge in [-0.3, -0.25) is 0 Å². The van der Waals surface area contributed by atoms with Gasteiger partial charge in [0, 0.05) is 11.7 Å². The van der Waals surface area contributed by atoms with Crippen LogP contribution in [0.15, 0.2) is 0 Å². The van der Waals surface area contributed by atoms with Gasteiger partial charge in [0.05, 0.1) is 6.88 Å². The van der Waals surface area contributed by atoms with Crippen LogP contribution in [0.5, 0.6) is 0 Å². The molecule has 5 heteroatoms. The Morgan fingerprint density at radius 1 is 1.80 bits per heavy atom. The van der Waals surface area contributed by atoms with Gasteiger partial charge in [-0.25, -0.2) is 0 Å². The van der Waals surface area contributed by atoms with Crippen molar-refractivity contribution in [2.24, 2.45) is 0 Å². The average molecular weight is 257 g/mol. The first-order valence-corrected chi connectivity index (χ1v) is 4.39. The maximum absolute atomic E-state index is 6.80. The molecule has 0 saturated heterocycles. The molecule has 0 aliphatic heterocycles. The van der Waals surface area contributed by atoms with Crippen LogP contribution < -0.4 is 17.0 Å². The summed E-state index contributed by atoms with van der Waals surface area (Å²) >= 11 is 1.19. The second-order valence-electron chi connectivity index (χ2n) is 2.18. The van der Waals surface area contributed by atoms with Gasteiger partial charge in [0.2, 0.25) is 0 Å². The van der Waals surface area contributed by atoms with Crippen molar-refractivity contribution in [3.8, 4) is 0 Å². The summed E-state index contributed by atoms with van der Waals surface area (Å²) in [7, 11) is 0.0510. The second-order valence-corrected chi connectivity index (χ2v) is 3.01. The summed E-state index contributed by atoms with van der Waals surface area (Å²) in [6.45, 7) is 7.64. The third kappa shape index (κ3) is 9.99. The molecule has 0 spiro atoms. The maximum atomic E-state index is 6.80. The first-order valence-electron chi connectivity index (χ1n) is 2.93. The molecule has 0 amide bonds. The molecule has 0 aromatic rings. The Labute approximate surface area is 97.8 Å². The third-order valence-electron chi connectivity index (χ3n) is 0.869. The molecule has 0 aliphatic rings. The molecular weight excluding hydrogens is 243 g/mol. The topological polar surface area (TPSA) is 9.23 Å². The van der Waals surface area contributed by atoms with E-state index in [2.05, 4.69) is 6.92 Å². The zero-order chi connectivity index (χ0) is 7.33. The van der Waals surface area contributed by atoms with Crippen molar-refractivity contribution >= 4 is 43.1 Å². The Bertz CT molecular complexity index is 88.9. The summed E-state index contributed by atoms with van der Waals surface area (Å²) in [5, 5.41) is 0. The van der Waals surface area contributed by atoms with E-state index < -0.39 is 0 Å². The number of rotatable bonds is 4. The van der Waals surface area contributed by atoms with E-state index >= 15 is 0 Å². The molecule has 1 unspecified atom stereocenters. The van der Waals surface area contributed by atoms with E-state index in [-0.39, 0.29) is 54.0 Å². The molecule has 0 radical (unpaired) electrons. The van der Waals surface area contributed by atoms with Gasteiger partial charge >= 0.3 is 23.1 Å². The second kappa shape index (κ2) is 9.08. The predicted octanol–water partition coefficient (Wildman–Crippen LogP) is -0.933. The van der Waals surface area contributed by atoms with Gasteiger partial charge < -0.3 is 28.1 Å². The van der Waals surface area contributed by atoms with Crippen LogP contribution in [0.1, 0.15) is 20.3 Å². The zero-order valence-corrected chi connectivity index (χ0v) is 11.1. The molecule has 0 fully saturated rings. The van der Waals surface area contributed by atoms with Gasteiger partial charge in [0.15, 0.2) is 0 Å². The van der Waals surface area contributed by atoms with Crippen molar-refractivity contribution in [1.29, 1.82) is 1.28 Å². The fourth-order valence-corrected chi connectivity index (χ4v) is 1.14. The molecule has 1 atom stereocenters. The fourth-order valence-electron chi connectivity index (χ4n) is 0.154. The molecule has 0 saturated carbocycles. The monoisotopic (exact) mass is 256 g/mol. The van der Waals surface area contributed by atoms with Crippen molar-refractivity contribution in [3.05, 3.63) is 6.92 Å². The van der Waals surface area contributed by atoms with E-state index in [1.54, 1.807) is 0 Å². The zero-order valence-electron chi connectivity index (χ0n) is 7.32. The van der Waals surface area contributed by atoms with Gasteiger partial charge in [-0.05, 0) is 22.2 Å². The van der Waals surface area contributed by atoms with Crippen molar-refractivity contribution in [2.45, 2.75) is 25.9 Å². The predicted molar refractivity (Wildman–Crippen MR) is 48.2 cm³/mol. The smallest absolute Gasteiger partial charge is 1.00 e. The van der Waals surface area contributed by atoms with Crippen molar-refractivity contribution in [2.75, 3.05) is 0 Å². The normalized spacial score (nSPS) is 12.1. The first kappa shape index (κ1) is 14.5. The van der Waals surface area contributed by atoms with Crippen molar-refractivity contribution in [3.63, 3.8) is 0 Å². The molecule has 0 N–H and O–H groups in total. The summed E-state index contributed by atoms with van der Waals surface area (Å²) in [4.78, 5) is 0. The molecule has 0 aromatic heterocycles. The maximum Gasteiger partial charge on any atom is 2.00 e. The van der Waals surface area contributed by atoms with Gasteiger partial charge in [-0.1, -0.05) is 0 Å². The summed E-state index contributed by atoms with van der Waals surface area (Å²) in [5.74, 6) is 0. The van der Waals surface area contributed by atoms with Crippen LogP contribution in [0.25, 0.3) is 0 Å². The number of halogens is 1. The number of hydrogen-bond donors (Lipinski definition) is 0. The van der Waals surface area contributed by atoms with Gasteiger partial charge in [-0.2, -0.15) is 6.42 Å². The molecule has 0 aromatic carbocycles. The van der Waals surface area contributed by atoms with Crippen molar-refractivity contribution in [1.82, 2.24) is 0 Å². The third-order valence-corrected chi connectivity index (χ3v) is 1.65. The molecule has 0 bridgehead atoms. The van der Waals surface area contributed by atoms with Crippen LogP contribution in [0.4, 0.5) is 0 Å². The standard InChI is InChI=1S/C5H12OPS.BrH.Mg/c1-4-5(2,3)6-8-7;;/h1,4,7H2,2-3H3;1H;/q-1;;+2/p-1/i7T;;. The Hall–Kier alpha value is 1.99. The summed E-state index contributed by atoms with van der Waals surface area (Å²) in [5.41, 5.74) is -0.168. The van der Waals surface area contributed by atoms with Crippen molar-refractivity contribution < 1.29 is 21.2 Å². The van der Waals surface area contributed by atoms with Gasteiger partial charge in [-0.15, -0.1) is 0 Å². The fraction of sp³-hybridized carbons (Fsp3) is 0.800. The Morgan fingerprint density at radius 2 is 2.30 bits per heavy atom. The Balaban J connectivity index is -0.000000320. The number of hydrogen-bond acceptors (Lipinski definition) is 2. The van der Waals surface area contributed by atoms with Crippen LogP contribution in [-0.2, 0) is 4.18 Å². The molecule has 1 nitrogen and oxygen atoms in total. The summed E-state index contributed by atoms with van der Waals surface area (Å²) in [6.07, 6.45) is 0.741. The van der Waals surface area contributed by atoms with Gasteiger partial charge in [0.25, 0.3) is 0 Å². The summed E-state index contributed by atoms with van der Waals surface area (Å²) in [6, 6.07) is 0. The van der Waals surface area contributed by atoms with E-state index in [9.17, 15) is 0 Å². The molecule has 58 valence electrons. The molecule has 0 heterocycles. The average Bonchev–Trinajstić information content (AvgIpc) is 1.84. The van der Waals surface area contributed by atoms with Gasteiger partial charge in [0.1, 0.15) is 0 Å². The Kier molecular flexibility index (Phi) is 13.2. The molecule has 0 rings (SSSR count). The Morgan fingerprint density at radius 3 is 2.60 bits per heavy atom. The van der Waals surface area contributed by atoms with E-state index in [1.165, 1.54) is 11.7 Å². The van der Waals surface area contributed by atoms with Crippen LogP contribution in [0.2, 0.25) is 0 Å². The van der Waals surface area contributed by atoms with E-state index in [0.29, 0.717) is 0 Å². The largest absolute Gasteiger partial charge is 2.00 e. The molecular formula is C5H12BrMgOPS. The minimum atomic E-state index is -0.168. The SMILES string of the molecule is [3H]PSOC(C)(C)C[CH2-].[Br-].[Mg+2]. The first-order chi connectivity index (χ1) is 4.12. The minimum Gasteiger partial charge on any atom is -1.00 e. The summed E-state index contributed by atoms with van der Waals surface area (Å²) < 4.78 is 12.0. The molecule has 0 aliphatic carbocycles. The van der Waals surface area contributed by atoms with Crippen LogP contribution in [0, 0.1) is 6.92 Å². The minimum absolute atomic E-state index is 0. The quantitative estimate of drug-likeness (QED) is 0.278. The van der Waals surface area contributed by atoms with Crippen LogP contribution in [0.3, 0.4) is 0 Å². The van der Waals surface area contributed by atoms with Crippen LogP contribution in [-0.4, -0.2) is 29.9 Å². The molecule has 10 heavy (non-hydrogen) atoms. The van der Waals surface area contributed by atoms with E-state index in [4.69, 9.17) is 5.46 Å².